The number of allylic oxidation sites excluding steroid dienone is 1. The highest BCUT2D eigenvalue weighted by Gasteiger charge is 2.62. The van der Waals surface area contributed by atoms with E-state index in [9.17, 15) is 25.5 Å². The Labute approximate surface area is 245 Å². The van der Waals surface area contributed by atoms with Crippen LogP contribution in [0.3, 0.4) is 0 Å². The van der Waals surface area contributed by atoms with Crippen molar-refractivity contribution in [2.24, 2.45) is 40.4 Å². The molecule has 2 heterocycles. The van der Waals surface area contributed by atoms with Crippen molar-refractivity contribution in [1.82, 2.24) is 5.32 Å². The van der Waals surface area contributed by atoms with Gasteiger partial charge in [0.1, 0.15) is 24.4 Å². The Hall–Kier alpha value is -0.580. The van der Waals surface area contributed by atoms with Gasteiger partial charge in [0.15, 0.2) is 6.29 Å². The Morgan fingerprint density at radius 3 is 2.49 bits per heavy atom. The summed E-state index contributed by atoms with van der Waals surface area (Å²) in [5, 5.41) is 56.1. The molecule has 0 unspecified atom stereocenters. The summed E-state index contributed by atoms with van der Waals surface area (Å²) in [6, 6.07) is 0.186. The van der Waals surface area contributed by atoms with Gasteiger partial charge in [0.25, 0.3) is 0 Å². The number of aliphatic hydroxyl groups excluding tert-OH is 4. The number of aliphatic hydroxyl groups is 5. The van der Waals surface area contributed by atoms with Crippen molar-refractivity contribution in [3.8, 4) is 0 Å². The maximum atomic E-state index is 12.0. The normalized spacial score (nSPS) is 53.4. The topological polar surface area (TPSA) is 132 Å². The lowest BCUT2D eigenvalue weighted by Gasteiger charge is -2.59. The minimum atomic E-state index is -1.42. The second-order valence-electron chi connectivity index (χ2n) is 15.5. The highest BCUT2D eigenvalue weighted by Crippen LogP contribution is 2.68. The monoisotopic (exact) mass is 577 g/mol. The summed E-state index contributed by atoms with van der Waals surface area (Å²) in [4.78, 5) is 0. The first kappa shape index (κ1) is 30.4. The first-order valence-corrected chi connectivity index (χ1v) is 16.5. The molecule has 2 aliphatic heterocycles. The van der Waals surface area contributed by atoms with Crippen LogP contribution in [0.4, 0.5) is 0 Å². The third kappa shape index (κ3) is 4.97. The smallest absolute Gasteiger partial charge is 0.186 e. The first-order valence-electron chi connectivity index (χ1n) is 16.5. The Morgan fingerprint density at radius 1 is 1.00 bits per heavy atom. The highest BCUT2D eigenvalue weighted by atomic mass is 16.7. The molecule has 0 amide bonds. The van der Waals surface area contributed by atoms with E-state index in [1.165, 1.54) is 31.3 Å². The summed E-state index contributed by atoms with van der Waals surface area (Å²) in [7, 11) is 0. The Balaban J connectivity index is 1.14. The number of hydrogen-bond acceptors (Lipinski definition) is 8. The maximum Gasteiger partial charge on any atom is 0.186 e. The van der Waals surface area contributed by atoms with Crippen LogP contribution >= 0.6 is 0 Å². The first-order chi connectivity index (χ1) is 19.4. The fourth-order valence-corrected chi connectivity index (χ4v) is 10.8. The highest BCUT2D eigenvalue weighted by molar-refractivity contribution is 5.26. The van der Waals surface area contributed by atoms with Crippen LogP contribution in [0, 0.1) is 40.4 Å². The predicted molar refractivity (Wildman–Crippen MR) is 155 cm³/mol. The van der Waals surface area contributed by atoms with Gasteiger partial charge in [-0.25, -0.2) is 0 Å². The van der Waals surface area contributed by atoms with Crippen LogP contribution in [0.25, 0.3) is 0 Å². The van der Waals surface area contributed by atoms with Gasteiger partial charge in [-0.05, 0) is 118 Å². The lowest BCUT2D eigenvalue weighted by Crippen LogP contribution is -2.60. The Morgan fingerprint density at radius 2 is 1.78 bits per heavy atom. The third-order valence-corrected chi connectivity index (χ3v) is 13.3. The lowest BCUT2D eigenvalue weighted by atomic mass is 9.46. The van der Waals surface area contributed by atoms with Crippen LogP contribution in [0.5, 0.6) is 0 Å². The van der Waals surface area contributed by atoms with Gasteiger partial charge in [-0.1, -0.05) is 32.4 Å². The fraction of sp³-hybridized carbons (Fsp3) is 0.939. The third-order valence-electron chi connectivity index (χ3n) is 13.3. The van der Waals surface area contributed by atoms with Gasteiger partial charge < -0.3 is 40.3 Å². The van der Waals surface area contributed by atoms with E-state index < -0.39 is 42.9 Å². The van der Waals surface area contributed by atoms with Crippen molar-refractivity contribution >= 4 is 0 Å². The van der Waals surface area contributed by atoms with Crippen molar-refractivity contribution in [2.45, 2.75) is 140 Å². The van der Waals surface area contributed by atoms with E-state index in [2.05, 4.69) is 39.1 Å². The van der Waals surface area contributed by atoms with Gasteiger partial charge in [-0.15, -0.1) is 0 Å². The van der Waals surface area contributed by atoms with Gasteiger partial charge in [0.2, 0.25) is 0 Å². The molecule has 8 nitrogen and oxygen atoms in total. The van der Waals surface area contributed by atoms with Crippen LogP contribution in [-0.4, -0.2) is 87.1 Å². The minimum absolute atomic E-state index is 0.126. The molecule has 6 N–H and O–H groups in total. The zero-order valence-electron chi connectivity index (χ0n) is 25.5. The molecule has 15 atom stereocenters. The quantitative estimate of drug-likeness (QED) is 0.275. The molecule has 3 saturated carbocycles. The van der Waals surface area contributed by atoms with E-state index in [0.29, 0.717) is 29.6 Å². The molecule has 0 aromatic heterocycles. The SMILES string of the molecule is C[C@H]1CC[C@H]([C@](C)(O)[C@H]2CC[C@H]3[C@@H]4CC=C5C[C@@H](O[C@@H]6O[C@H](CO)[C@@H](O)[C@H](O)[C@H]6O)CC[C@]5(C)[C@H]4CC[C@]23C)NC1. The second-order valence-corrected chi connectivity index (χ2v) is 15.5. The molecular formula is C33H55NO7. The van der Waals surface area contributed by atoms with E-state index in [1.54, 1.807) is 0 Å². The molecule has 234 valence electrons. The minimum Gasteiger partial charge on any atom is -0.394 e. The molecule has 0 radical (unpaired) electrons. The molecule has 4 aliphatic carbocycles. The van der Waals surface area contributed by atoms with Gasteiger partial charge in [-0.2, -0.15) is 0 Å². The molecule has 0 spiro atoms. The average Bonchev–Trinajstić information content (AvgIpc) is 3.32. The summed E-state index contributed by atoms with van der Waals surface area (Å²) in [5.74, 6) is 2.92. The number of hydrogen-bond donors (Lipinski definition) is 6. The largest absolute Gasteiger partial charge is 0.394 e. The summed E-state index contributed by atoms with van der Waals surface area (Å²) in [5.41, 5.74) is 1.06. The lowest BCUT2D eigenvalue weighted by molar-refractivity contribution is -0.313. The van der Waals surface area contributed by atoms with Gasteiger partial charge in [0, 0.05) is 6.04 Å². The van der Waals surface area contributed by atoms with Crippen molar-refractivity contribution in [1.29, 1.82) is 0 Å². The van der Waals surface area contributed by atoms with E-state index in [1.807, 2.05) is 0 Å². The molecule has 0 aromatic carbocycles. The fourth-order valence-electron chi connectivity index (χ4n) is 10.8. The molecular weight excluding hydrogens is 522 g/mol. The summed E-state index contributed by atoms with van der Waals surface area (Å²) >= 11 is 0. The second kappa shape index (κ2) is 11.1. The van der Waals surface area contributed by atoms with Crippen LogP contribution < -0.4 is 5.32 Å². The van der Waals surface area contributed by atoms with Gasteiger partial charge in [0.05, 0.1) is 18.3 Å². The summed E-state index contributed by atoms with van der Waals surface area (Å²) < 4.78 is 11.8. The van der Waals surface area contributed by atoms with E-state index in [4.69, 9.17) is 9.47 Å². The Bertz CT molecular complexity index is 979. The molecule has 8 heteroatoms. The predicted octanol–water partition coefficient (Wildman–Crippen LogP) is 2.89. The Kier molecular flexibility index (Phi) is 8.24. The molecule has 6 aliphatic rings. The molecule has 0 bridgehead atoms. The van der Waals surface area contributed by atoms with Crippen molar-refractivity contribution in [3.63, 3.8) is 0 Å². The zero-order chi connectivity index (χ0) is 29.3. The summed E-state index contributed by atoms with van der Waals surface area (Å²) in [6.45, 7) is 9.94. The van der Waals surface area contributed by atoms with Gasteiger partial charge in [-0.3, -0.25) is 0 Å². The average molecular weight is 578 g/mol. The zero-order valence-corrected chi connectivity index (χ0v) is 25.5. The van der Waals surface area contributed by atoms with Gasteiger partial charge >= 0.3 is 0 Å². The number of piperidine rings is 1. The maximum absolute atomic E-state index is 12.0. The van der Waals surface area contributed by atoms with Crippen LogP contribution in [0.2, 0.25) is 0 Å². The molecule has 6 rings (SSSR count). The van der Waals surface area contributed by atoms with E-state index in [-0.39, 0.29) is 23.0 Å². The number of rotatable bonds is 5. The van der Waals surface area contributed by atoms with Crippen molar-refractivity contribution < 1.29 is 35.0 Å². The summed E-state index contributed by atoms with van der Waals surface area (Å²) in [6.07, 6.45) is 6.84. The van der Waals surface area contributed by atoms with E-state index >= 15 is 0 Å². The molecule has 2 saturated heterocycles. The van der Waals surface area contributed by atoms with Crippen molar-refractivity contribution in [2.75, 3.05) is 13.2 Å². The standard InChI is InChI=1S/C33H55NO7/c1-18-5-10-26(34-16-18)33(4,39)25-9-8-22-21-7-6-19-15-20(11-13-31(19,2)23(21)12-14-32(22,25)3)40-30-29(38)28(37)27(36)24(17-35)41-30/h6,18,20-30,34-39H,5,7-17H2,1-4H3/t18-,20-,21-,22-,23-,24+,25-,26+,27+,28-,29+,30+,31-,32-,33+/m0/s1. The number of fused-ring (bicyclic) bond motifs is 5. The molecule has 0 aromatic rings. The number of ether oxygens (including phenoxy) is 2. The number of nitrogens with one attached hydrogen (secondary N) is 1. The van der Waals surface area contributed by atoms with Crippen LogP contribution in [0.1, 0.15) is 91.9 Å². The molecule has 41 heavy (non-hydrogen) atoms. The van der Waals surface area contributed by atoms with Crippen LogP contribution in [0.15, 0.2) is 11.6 Å². The van der Waals surface area contributed by atoms with Crippen LogP contribution in [-0.2, 0) is 9.47 Å². The van der Waals surface area contributed by atoms with E-state index in [0.717, 1.165) is 45.1 Å². The van der Waals surface area contributed by atoms with Crippen molar-refractivity contribution in [3.05, 3.63) is 11.6 Å². The molecule has 5 fully saturated rings.